The standard InChI is InChI=1S/C35H54N8O3/c1-2-30-24-39-43-32(21-33(40-35(30)43)42-15-4-3-5-31(42)12-18-44)37-22-29-6-7-34(38-23-29)46-20-19-45-26-28-10-16-41(17-11-28)25-27-8-13-36-14-9-27/h6-7,21,23-24,27-28,31,36-37,44H,2-5,8-20,22,25-26H2,1H3. The average molecular weight is 635 g/mol. The summed E-state index contributed by atoms with van der Waals surface area (Å²) in [5.41, 5.74) is 3.07. The lowest BCUT2D eigenvalue weighted by Gasteiger charge is -2.36. The summed E-state index contributed by atoms with van der Waals surface area (Å²) in [7, 11) is 0. The predicted molar refractivity (Wildman–Crippen MR) is 182 cm³/mol. The molecule has 3 aliphatic rings. The Balaban J connectivity index is 0.946. The lowest BCUT2D eigenvalue weighted by atomic mass is 9.94. The zero-order valence-corrected chi connectivity index (χ0v) is 27.7. The molecule has 3 N–H and O–H groups in total. The van der Waals surface area contributed by atoms with Gasteiger partial charge in [0.2, 0.25) is 5.88 Å². The van der Waals surface area contributed by atoms with Crippen molar-refractivity contribution < 1.29 is 14.6 Å². The van der Waals surface area contributed by atoms with Crippen molar-refractivity contribution >= 4 is 17.3 Å². The van der Waals surface area contributed by atoms with Gasteiger partial charge in [0.1, 0.15) is 18.2 Å². The number of anilines is 2. The smallest absolute Gasteiger partial charge is 0.213 e. The number of nitrogens with one attached hydrogen (secondary N) is 2. The fourth-order valence-corrected chi connectivity index (χ4v) is 7.28. The molecule has 0 aliphatic carbocycles. The summed E-state index contributed by atoms with van der Waals surface area (Å²) in [6.45, 7) is 11.9. The number of likely N-dealkylation sites (tertiary alicyclic amines) is 1. The number of pyridine rings is 1. The van der Waals surface area contributed by atoms with Crippen LogP contribution in [0.2, 0.25) is 0 Å². The summed E-state index contributed by atoms with van der Waals surface area (Å²) in [6.07, 6.45) is 13.9. The molecule has 3 saturated heterocycles. The number of piperidine rings is 3. The van der Waals surface area contributed by atoms with Gasteiger partial charge in [-0.05, 0) is 101 Å². The lowest BCUT2D eigenvalue weighted by Crippen LogP contribution is -2.40. The summed E-state index contributed by atoms with van der Waals surface area (Å²) in [4.78, 5) is 14.6. The number of aliphatic hydroxyl groups is 1. The maximum atomic E-state index is 9.66. The Hall–Kier alpha value is -2.99. The van der Waals surface area contributed by atoms with Crippen molar-refractivity contribution in [1.29, 1.82) is 0 Å². The van der Waals surface area contributed by atoms with E-state index >= 15 is 0 Å². The molecule has 0 aromatic carbocycles. The molecule has 3 aromatic heterocycles. The number of hydrogen-bond acceptors (Lipinski definition) is 10. The molecule has 3 aromatic rings. The highest BCUT2D eigenvalue weighted by Crippen LogP contribution is 2.29. The van der Waals surface area contributed by atoms with E-state index in [0.717, 1.165) is 73.2 Å². The van der Waals surface area contributed by atoms with E-state index in [0.29, 0.717) is 37.6 Å². The largest absolute Gasteiger partial charge is 0.475 e. The lowest BCUT2D eigenvalue weighted by molar-refractivity contribution is 0.0464. The van der Waals surface area contributed by atoms with Crippen molar-refractivity contribution in [2.24, 2.45) is 11.8 Å². The van der Waals surface area contributed by atoms with Gasteiger partial charge in [0, 0.05) is 62.8 Å². The minimum Gasteiger partial charge on any atom is -0.475 e. The van der Waals surface area contributed by atoms with Crippen molar-refractivity contribution in [1.82, 2.24) is 29.8 Å². The molecule has 1 unspecified atom stereocenters. The van der Waals surface area contributed by atoms with Crippen LogP contribution < -0.4 is 20.3 Å². The first-order valence-electron chi connectivity index (χ1n) is 17.8. The first-order valence-corrected chi connectivity index (χ1v) is 17.8. The second kappa shape index (κ2) is 16.7. The number of aryl methyl sites for hydroxylation is 1. The molecule has 0 amide bonds. The normalized spacial score (nSPS) is 20.4. The van der Waals surface area contributed by atoms with E-state index in [4.69, 9.17) is 14.5 Å². The van der Waals surface area contributed by atoms with E-state index in [1.54, 1.807) is 0 Å². The quantitative estimate of drug-likeness (QED) is 0.211. The maximum absolute atomic E-state index is 9.66. The highest BCUT2D eigenvalue weighted by Gasteiger charge is 2.25. The van der Waals surface area contributed by atoms with Crippen LogP contribution in [0.5, 0.6) is 5.88 Å². The van der Waals surface area contributed by atoms with Crippen LogP contribution in [0.3, 0.4) is 0 Å². The van der Waals surface area contributed by atoms with Crippen LogP contribution in [0.1, 0.15) is 69.4 Å². The fraction of sp³-hybridized carbons (Fsp3) is 0.686. The van der Waals surface area contributed by atoms with E-state index in [1.165, 1.54) is 64.8 Å². The van der Waals surface area contributed by atoms with Gasteiger partial charge in [0.15, 0.2) is 5.65 Å². The van der Waals surface area contributed by atoms with E-state index < -0.39 is 0 Å². The molecular weight excluding hydrogens is 580 g/mol. The van der Waals surface area contributed by atoms with E-state index in [1.807, 2.05) is 23.0 Å². The van der Waals surface area contributed by atoms with Gasteiger partial charge in [0.25, 0.3) is 0 Å². The minimum absolute atomic E-state index is 0.194. The van der Waals surface area contributed by atoms with Gasteiger partial charge in [-0.3, -0.25) is 0 Å². The molecule has 6 rings (SSSR count). The van der Waals surface area contributed by atoms with E-state index in [9.17, 15) is 5.11 Å². The Bertz CT molecular complexity index is 1340. The molecule has 11 heteroatoms. The summed E-state index contributed by atoms with van der Waals surface area (Å²) in [5, 5.41) is 21.4. The second-order valence-corrected chi connectivity index (χ2v) is 13.3. The van der Waals surface area contributed by atoms with E-state index in [-0.39, 0.29) is 6.61 Å². The Morgan fingerprint density at radius 3 is 2.65 bits per heavy atom. The molecule has 0 bridgehead atoms. The fourth-order valence-electron chi connectivity index (χ4n) is 7.28. The number of ether oxygens (including phenoxy) is 2. The minimum atomic E-state index is 0.194. The van der Waals surface area contributed by atoms with Crippen LogP contribution in [-0.4, -0.2) is 101 Å². The maximum Gasteiger partial charge on any atom is 0.213 e. The first kappa shape index (κ1) is 32.9. The third-order valence-corrected chi connectivity index (χ3v) is 10.1. The number of aliphatic hydroxyl groups excluding tert-OH is 1. The molecule has 1 atom stereocenters. The highest BCUT2D eigenvalue weighted by molar-refractivity contribution is 5.61. The highest BCUT2D eigenvalue weighted by atomic mass is 16.5. The van der Waals surface area contributed by atoms with Crippen molar-refractivity contribution in [2.75, 3.05) is 75.9 Å². The van der Waals surface area contributed by atoms with Gasteiger partial charge >= 0.3 is 0 Å². The topological polar surface area (TPSA) is 112 Å². The number of hydrogen-bond donors (Lipinski definition) is 3. The molecule has 0 saturated carbocycles. The molecule has 46 heavy (non-hydrogen) atoms. The van der Waals surface area contributed by atoms with Gasteiger partial charge < -0.3 is 35.0 Å². The monoisotopic (exact) mass is 634 g/mol. The van der Waals surface area contributed by atoms with Gasteiger partial charge in [-0.2, -0.15) is 9.61 Å². The first-order chi connectivity index (χ1) is 22.7. The van der Waals surface area contributed by atoms with Crippen LogP contribution in [-0.2, 0) is 17.7 Å². The Morgan fingerprint density at radius 2 is 1.87 bits per heavy atom. The SMILES string of the molecule is CCc1cnn2c(NCc3ccc(OCCOCC4CCN(CC5CCNCC5)CC4)nc3)cc(N3CCCCC3CCO)nc12. The van der Waals surface area contributed by atoms with Gasteiger partial charge in [-0.25, -0.2) is 9.97 Å². The van der Waals surface area contributed by atoms with Gasteiger partial charge in [-0.1, -0.05) is 13.0 Å². The predicted octanol–water partition coefficient (Wildman–Crippen LogP) is 4.15. The summed E-state index contributed by atoms with van der Waals surface area (Å²) in [6, 6.07) is 6.39. The molecule has 11 nitrogen and oxygen atoms in total. The van der Waals surface area contributed by atoms with Crippen molar-refractivity contribution in [3.8, 4) is 5.88 Å². The van der Waals surface area contributed by atoms with Crippen LogP contribution >= 0.6 is 0 Å². The number of fused-ring (bicyclic) bond motifs is 1. The molecule has 252 valence electrons. The van der Waals surface area contributed by atoms with Crippen LogP contribution in [0.25, 0.3) is 5.65 Å². The Morgan fingerprint density at radius 1 is 1.00 bits per heavy atom. The Labute approximate surface area is 274 Å². The molecule has 0 spiro atoms. The third-order valence-electron chi connectivity index (χ3n) is 10.1. The summed E-state index contributed by atoms with van der Waals surface area (Å²) < 4.78 is 13.8. The molecule has 3 aliphatic heterocycles. The number of nitrogens with zero attached hydrogens (tertiary/aromatic N) is 6. The van der Waals surface area contributed by atoms with Crippen molar-refractivity contribution in [2.45, 2.75) is 77.3 Å². The zero-order chi connectivity index (χ0) is 31.6. The van der Waals surface area contributed by atoms with Gasteiger partial charge in [0.05, 0.1) is 12.8 Å². The van der Waals surface area contributed by atoms with Crippen LogP contribution in [0.4, 0.5) is 11.6 Å². The van der Waals surface area contributed by atoms with Crippen LogP contribution in [0, 0.1) is 11.8 Å². The number of rotatable bonds is 15. The average Bonchev–Trinajstić information content (AvgIpc) is 3.52. The van der Waals surface area contributed by atoms with Gasteiger partial charge in [-0.15, -0.1) is 0 Å². The molecule has 6 heterocycles. The van der Waals surface area contributed by atoms with Crippen LogP contribution in [0.15, 0.2) is 30.6 Å². The van der Waals surface area contributed by atoms with Crippen molar-refractivity contribution in [3.05, 3.63) is 41.7 Å². The third kappa shape index (κ3) is 8.67. The van der Waals surface area contributed by atoms with E-state index in [2.05, 4.69) is 49.6 Å². The molecular formula is C35H54N8O3. The molecule has 3 fully saturated rings. The zero-order valence-electron chi connectivity index (χ0n) is 27.7. The Kier molecular flexibility index (Phi) is 12.0. The molecule has 0 radical (unpaired) electrons. The summed E-state index contributed by atoms with van der Waals surface area (Å²) >= 11 is 0. The summed E-state index contributed by atoms with van der Waals surface area (Å²) in [5.74, 6) is 4.00. The number of aromatic nitrogens is 4. The second-order valence-electron chi connectivity index (χ2n) is 13.3. The van der Waals surface area contributed by atoms with Crippen molar-refractivity contribution in [3.63, 3.8) is 0 Å².